The molecule has 0 heterocycles. The maximum Gasteiger partial charge on any atom is 0.303 e. The van der Waals surface area contributed by atoms with Gasteiger partial charge in [0.2, 0.25) is 6.41 Å². The molecule has 1 amide bonds. The van der Waals surface area contributed by atoms with Crippen molar-refractivity contribution in [3.8, 4) is 5.75 Å². The third-order valence-corrected chi connectivity index (χ3v) is 2.04. The number of carbonyl (C=O) groups is 2. The molecular weight excluding hydrogens is 246 g/mol. The van der Waals surface area contributed by atoms with Crippen LogP contribution in [-0.4, -0.2) is 22.6 Å². The highest BCUT2D eigenvalue weighted by Gasteiger charge is 1.97. The van der Waals surface area contributed by atoms with Crippen molar-refractivity contribution in [3.05, 3.63) is 29.8 Å². The first-order valence-corrected chi connectivity index (χ1v) is 6.25. The van der Waals surface area contributed by atoms with Crippen LogP contribution in [0.2, 0.25) is 0 Å². The smallest absolute Gasteiger partial charge is 0.303 e. The molecule has 5 nitrogen and oxygen atoms in total. The second-order valence-corrected chi connectivity index (χ2v) is 3.40. The summed E-state index contributed by atoms with van der Waals surface area (Å²) in [6.45, 7) is 4.00. The summed E-state index contributed by atoms with van der Waals surface area (Å²) in [5.41, 5.74) is 5.30. The van der Waals surface area contributed by atoms with Crippen molar-refractivity contribution in [1.29, 1.82) is 0 Å². The van der Waals surface area contributed by atoms with E-state index in [-0.39, 0.29) is 18.6 Å². The molecule has 0 bridgehead atoms. The van der Waals surface area contributed by atoms with Crippen molar-refractivity contribution in [2.24, 2.45) is 5.73 Å². The number of carboxylic acids is 1. The molecule has 0 spiro atoms. The van der Waals surface area contributed by atoms with Gasteiger partial charge in [-0.05, 0) is 37.0 Å². The number of benzene rings is 1. The van der Waals surface area contributed by atoms with E-state index in [9.17, 15) is 4.79 Å². The molecule has 108 valence electrons. The van der Waals surface area contributed by atoms with Crippen LogP contribution in [-0.2, 0) is 16.0 Å². The van der Waals surface area contributed by atoms with Gasteiger partial charge in [0.15, 0.2) is 0 Å². The number of phenolic OH excluding ortho intramolecular Hbond substituents is 1. The third-order valence-electron chi connectivity index (χ3n) is 2.04. The molecule has 0 unspecified atom stereocenters. The summed E-state index contributed by atoms with van der Waals surface area (Å²) in [5, 5.41) is 17.4. The van der Waals surface area contributed by atoms with Crippen molar-refractivity contribution in [2.75, 3.05) is 0 Å². The van der Waals surface area contributed by atoms with Gasteiger partial charge in [-0.3, -0.25) is 9.59 Å². The van der Waals surface area contributed by atoms with E-state index in [1.54, 1.807) is 12.1 Å². The SMILES string of the molecule is CC.NC=O.O=C(O)CCCCc1ccc(O)cc1. The van der Waals surface area contributed by atoms with Gasteiger partial charge in [-0.1, -0.05) is 26.0 Å². The first kappa shape index (κ1) is 19.3. The molecular formula is C14H23NO4. The molecule has 0 saturated heterocycles. The molecule has 19 heavy (non-hydrogen) atoms. The molecule has 1 aromatic carbocycles. The highest BCUT2D eigenvalue weighted by molar-refractivity contribution is 5.66. The Morgan fingerprint density at radius 1 is 1.21 bits per heavy atom. The number of carboxylic acid groups (broad SMARTS) is 1. The number of hydrogen-bond donors (Lipinski definition) is 3. The lowest BCUT2D eigenvalue weighted by molar-refractivity contribution is -0.137. The van der Waals surface area contributed by atoms with Gasteiger partial charge < -0.3 is 15.9 Å². The van der Waals surface area contributed by atoms with Crippen molar-refractivity contribution in [1.82, 2.24) is 0 Å². The van der Waals surface area contributed by atoms with Crippen LogP contribution >= 0.6 is 0 Å². The fraction of sp³-hybridized carbons (Fsp3) is 0.429. The summed E-state index contributed by atoms with van der Waals surface area (Å²) in [7, 11) is 0. The Bertz CT molecular complexity index is 336. The molecule has 1 rings (SSSR count). The predicted molar refractivity (Wildman–Crippen MR) is 74.9 cm³/mol. The summed E-state index contributed by atoms with van der Waals surface area (Å²) in [6.07, 6.45) is 2.93. The van der Waals surface area contributed by atoms with E-state index in [2.05, 4.69) is 5.73 Å². The van der Waals surface area contributed by atoms with Crippen LogP contribution in [0.15, 0.2) is 24.3 Å². The number of aliphatic carboxylic acids is 1. The first-order chi connectivity index (χ1) is 9.10. The number of hydrogen-bond acceptors (Lipinski definition) is 3. The first-order valence-electron chi connectivity index (χ1n) is 6.25. The van der Waals surface area contributed by atoms with E-state index in [0.29, 0.717) is 6.42 Å². The Labute approximate surface area is 114 Å². The third kappa shape index (κ3) is 13.9. The topological polar surface area (TPSA) is 101 Å². The quantitative estimate of drug-likeness (QED) is 0.564. The summed E-state index contributed by atoms with van der Waals surface area (Å²) in [4.78, 5) is 18.8. The van der Waals surface area contributed by atoms with Crippen LogP contribution in [0, 0.1) is 0 Å². The summed E-state index contributed by atoms with van der Waals surface area (Å²) in [5.74, 6) is -0.477. The highest BCUT2D eigenvalue weighted by Crippen LogP contribution is 2.12. The minimum Gasteiger partial charge on any atom is -0.508 e. The van der Waals surface area contributed by atoms with Crippen molar-refractivity contribution in [3.63, 3.8) is 0 Å². The number of phenols is 1. The number of aryl methyl sites for hydroxylation is 1. The van der Waals surface area contributed by atoms with Gasteiger partial charge in [0.25, 0.3) is 0 Å². The van der Waals surface area contributed by atoms with Crippen LogP contribution in [0.3, 0.4) is 0 Å². The molecule has 0 radical (unpaired) electrons. The van der Waals surface area contributed by atoms with E-state index in [1.807, 2.05) is 26.0 Å². The average Bonchev–Trinajstić information content (AvgIpc) is 2.40. The monoisotopic (exact) mass is 269 g/mol. The zero-order valence-electron chi connectivity index (χ0n) is 11.5. The number of amides is 1. The second-order valence-electron chi connectivity index (χ2n) is 3.40. The summed E-state index contributed by atoms with van der Waals surface area (Å²) >= 11 is 0. The van der Waals surface area contributed by atoms with Gasteiger partial charge in [-0.25, -0.2) is 0 Å². The van der Waals surface area contributed by atoms with Gasteiger partial charge in [0.05, 0.1) is 0 Å². The number of unbranched alkanes of at least 4 members (excludes halogenated alkanes) is 1. The largest absolute Gasteiger partial charge is 0.508 e. The van der Waals surface area contributed by atoms with Gasteiger partial charge in [-0.2, -0.15) is 0 Å². The Morgan fingerprint density at radius 3 is 2.11 bits per heavy atom. The second kappa shape index (κ2) is 14.0. The Balaban J connectivity index is 0. The van der Waals surface area contributed by atoms with Crippen LogP contribution < -0.4 is 5.73 Å². The normalized spacial score (nSPS) is 8.32. The maximum absolute atomic E-state index is 10.2. The highest BCUT2D eigenvalue weighted by atomic mass is 16.4. The number of carbonyl (C=O) groups excluding carboxylic acids is 1. The standard InChI is InChI=1S/C11H14O3.C2H6.CH3NO/c12-10-7-5-9(6-8-10)3-1-2-4-11(13)14;1-2;2-1-3/h5-8,12H,1-4H2,(H,13,14);1-2H3;1H,(H2,2,3). The lowest BCUT2D eigenvalue weighted by Crippen LogP contribution is -1.94. The molecule has 5 heteroatoms. The van der Waals surface area contributed by atoms with Crippen molar-refractivity contribution < 1.29 is 19.8 Å². The Morgan fingerprint density at radius 2 is 1.68 bits per heavy atom. The molecule has 0 aliphatic rings. The minimum absolute atomic E-state index is 0.234. The van der Waals surface area contributed by atoms with Crippen LogP contribution in [0.4, 0.5) is 0 Å². The maximum atomic E-state index is 10.2. The molecule has 4 N–H and O–H groups in total. The number of aromatic hydroxyl groups is 1. The van der Waals surface area contributed by atoms with E-state index in [1.165, 1.54) is 0 Å². The summed E-state index contributed by atoms with van der Waals surface area (Å²) in [6, 6.07) is 7.01. The molecule has 0 aromatic heterocycles. The number of primary amides is 1. The zero-order valence-corrected chi connectivity index (χ0v) is 11.5. The fourth-order valence-electron chi connectivity index (χ4n) is 1.27. The minimum atomic E-state index is -0.740. The Hall–Kier alpha value is -2.04. The van der Waals surface area contributed by atoms with Gasteiger partial charge in [0.1, 0.15) is 5.75 Å². The van der Waals surface area contributed by atoms with Crippen LogP contribution in [0.5, 0.6) is 5.75 Å². The van der Waals surface area contributed by atoms with E-state index in [0.717, 1.165) is 18.4 Å². The number of nitrogens with two attached hydrogens (primary N) is 1. The van der Waals surface area contributed by atoms with Gasteiger partial charge >= 0.3 is 5.97 Å². The lowest BCUT2D eigenvalue weighted by Gasteiger charge is -2.00. The van der Waals surface area contributed by atoms with E-state index in [4.69, 9.17) is 15.0 Å². The lowest BCUT2D eigenvalue weighted by atomic mass is 10.1. The number of rotatable bonds is 5. The van der Waals surface area contributed by atoms with Crippen LogP contribution in [0.25, 0.3) is 0 Å². The van der Waals surface area contributed by atoms with E-state index >= 15 is 0 Å². The zero-order chi connectivity index (χ0) is 15.1. The molecule has 0 aliphatic heterocycles. The Kier molecular flexibility index (Phi) is 14.2. The average molecular weight is 269 g/mol. The van der Waals surface area contributed by atoms with Gasteiger partial charge in [-0.15, -0.1) is 0 Å². The summed E-state index contributed by atoms with van der Waals surface area (Å²) < 4.78 is 0. The fourth-order valence-corrected chi connectivity index (χ4v) is 1.27. The van der Waals surface area contributed by atoms with Gasteiger partial charge in [0, 0.05) is 6.42 Å². The van der Waals surface area contributed by atoms with Crippen LogP contribution in [0.1, 0.15) is 38.7 Å². The predicted octanol–water partition coefficient (Wildman–Crippen LogP) is 2.32. The molecule has 0 aliphatic carbocycles. The molecule has 0 atom stereocenters. The molecule has 0 saturated carbocycles. The van der Waals surface area contributed by atoms with Crippen molar-refractivity contribution >= 4 is 12.4 Å². The molecule has 1 aromatic rings. The molecule has 0 fully saturated rings. The van der Waals surface area contributed by atoms with Crippen molar-refractivity contribution in [2.45, 2.75) is 39.5 Å². The van der Waals surface area contributed by atoms with E-state index < -0.39 is 5.97 Å².